The number of aromatic nitrogens is 2. The molecule has 0 bridgehead atoms. The van der Waals surface area contributed by atoms with E-state index in [2.05, 4.69) is 14.9 Å². The summed E-state index contributed by atoms with van der Waals surface area (Å²) in [6, 6.07) is 3.90. The Morgan fingerprint density at radius 2 is 1.83 bits per heavy atom. The van der Waals surface area contributed by atoms with E-state index >= 15 is 0 Å². The lowest BCUT2D eigenvalue weighted by molar-refractivity contribution is 0.574. The van der Waals surface area contributed by atoms with Crippen molar-refractivity contribution in [2.24, 2.45) is 0 Å². The van der Waals surface area contributed by atoms with E-state index in [4.69, 9.17) is 11.6 Å². The largest absolute Gasteiger partial charge is 0.355 e. The van der Waals surface area contributed by atoms with Gasteiger partial charge < -0.3 is 4.90 Å². The molecule has 4 rings (SSSR count). The van der Waals surface area contributed by atoms with Gasteiger partial charge in [-0.15, -0.1) is 11.3 Å². The molecule has 1 aromatic carbocycles. The highest BCUT2D eigenvalue weighted by atomic mass is 35.5. The average Bonchev–Trinajstić information content (AvgIpc) is 3.06. The van der Waals surface area contributed by atoms with Gasteiger partial charge in [-0.05, 0) is 42.8 Å². The highest BCUT2D eigenvalue weighted by Crippen LogP contribution is 2.34. The lowest BCUT2D eigenvalue weighted by Gasteiger charge is -2.28. The fraction of sp³-hybridized carbons (Fsp3) is 0.294. The minimum atomic E-state index is -0.679. The van der Waals surface area contributed by atoms with Crippen molar-refractivity contribution in [3.63, 3.8) is 0 Å². The SMILES string of the molecule is Fc1cc(-c2nc(N3CCCCC3)c3sccc3n2)c(F)cc1Cl. The Kier molecular flexibility index (Phi) is 4.10. The van der Waals surface area contributed by atoms with Gasteiger partial charge in [0.15, 0.2) is 11.6 Å². The van der Waals surface area contributed by atoms with Gasteiger partial charge in [0.05, 0.1) is 20.8 Å². The second-order valence-electron chi connectivity index (χ2n) is 5.80. The van der Waals surface area contributed by atoms with E-state index in [0.29, 0.717) is 0 Å². The zero-order chi connectivity index (χ0) is 16.7. The number of fused-ring (bicyclic) bond motifs is 1. The molecule has 0 N–H and O–H groups in total. The summed E-state index contributed by atoms with van der Waals surface area (Å²) in [5.74, 6) is -0.309. The molecule has 1 aliphatic heterocycles. The summed E-state index contributed by atoms with van der Waals surface area (Å²) in [6.07, 6.45) is 3.42. The van der Waals surface area contributed by atoms with E-state index < -0.39 is 11.6 Å². The fourth-order valence-electron chi connectivity index (χ4n) is 2.98. The van der Waals surface area contributed by atoms with Crippen LogP contribution in [0.25, 0.3) is 21.6 Å². The Morgan fingerprint density at radius 3 is 2.62 bits per heavy atom. The maximum Gasteiger partial charge on any atom is 0.165 e. The predicted octanol–water partition coefficient (Wildman–Crippen LogP) is 5.28. The quantitative estimate of drug-likeness (QED) is 0.578. The summed E-state index contributed by atoms with van der Waals surface area (Å²) in [4.78, 5) is 11.2. The normalized spacial score (nSPS) is 15.2. The Labute approximate surface area is 146 Å². The van der Waals surface area contributed by atoms with Gasteiger partial charge in [-0.2, -0.15) is 0 Å². The van der Waals surface area contributed by atoms with Gasteiger partial charge in [0.25, 0.3) is 0 Å². The van der Waals surface area contributed by atoms with Crippen LogP contribution in [-0.4, -0.2) is 23.1 Å². The maximum absolute atomic E-state index is 14.3. The predicted molar refractivity (Wildman–Crippen MR) is 93.8 cm³/mol. The van der Waals surface area contributed by atoms with Gasteiger partial charge in [-0.3, -0.25) is 0 Å². The van der Waals surface area contributed by atoms with Crippen LogP contribution >= 0.6 is 22.9 Å². The summed E-state index contributed by atoms with van der Waals surface area (Å²) in [5.41, 5.74) is 0.781. The van der Waals surface area contributed by atoms with Gasteiger partial charge in [0.2, 0.25) is 0 Å². The van der Waals surface area contributed by atoms with E-state index in [1.54, 1.807) is 11.3 Å². The third-order valence-electron chi connectivity index (χ3n) is 4.19. The third-order valence-corrected chi connectivity index (χ3v) is 5.38. The summed E-state index contributed by atoms with van der Waals surface area (Å²) in [7, 11) is 0. The first-order valence-corrected chi connectivity index (χ1v) is 9.04. The lowest BCUT2D eigenvalue weighted by atomic mass is 10.1. The number of hydrogen-bond acceptors (Lipinski definition) is 4. The molecule has 0 amide bonds. The molecule has 3 heterocycles. The molecule has 0 radical (unpaired) electrons. The van der Waals surface area contributed by atoms with E-state index in [0.717, 1.165) is 54.1 Å². The number of benzene rings is 1. The Balaban J connectivity index is 1.89. The van der Waals surface area contributed by atoms with Crippen molar-refractivity contribution >= 4 is 39.0 Å². The second kappa shape index (κ2) is 6.26. The van der Waals surface area contributed by atoms with Crippen LogP contribution in [0.4, 0.5) is 14.6 Å². The molecule has 1 aliphatic rings. The summed E-state index contributed by atoms with van der Waals surface area (Å²) >= 11 is 7.21. The lowest BCUT2D eigenvalue weighted by Crippen LogP contribution is -2.30. The van der Waals surface area contributed by atoms with E-state index in [9.17, 15) is 8.78 Å². The first kappa shape index (κ1) is 15.7. The summed E-state index contributed by atoms with van der Waals surface area (Å²) in [6.45, 7) is 1.84. The van der Waals surface area contributed by atoms with Crippen molar-refractivity contribution in [2.45, 2.75) is 19.3 Å². The Morgan fingerprint density at radius 1 is 1.04 bits per heavy atom. The van der Waals surface area contributed by atoms with Crippen LogP contribution in [0.1, 0.15) is 19.3 Å². The molecule has 3 aromatic rings. The first-order chi connectivity index (χ1) is 11.6. The van der Waals surface area contributed by atoms with Crippen LogP contribution in [0.5, 0.6) is 0 Å². The number of nitrogens with zero attached hydrogens (tertiary/aromatic N) is 3. The van der Waals surface area contributed by atoms with E-state index in [-0.39, 0.29) is 16.4 Å². The second-order valence-corrected chi connectivity index (χ2v) is 7.12. The number of rotatable bonds is 2. The topological polar surface area (TPSA) is 29.0 Å². The molecule has 1 saturated heterocycles. The van der Waals surface area contributed by atoms with Crippen molar-refractivity contribution < 1.29 is 8.78 Å². The maximum atomic E-state index is 14.3. The van der Waals surface area contributed by atoms with Gasteiger partial charge in [0.1, 0.15) is 11.6 Å². The molecule has 124 valence electrons. The molecule has 0 saturated carbocycles. The Hall–Kier alpha value is -1.79. The van der Waals surface area contributed by atoms with Gasteiger partial charge >= 0.3 is 0 Å². The zero-order valence-electron chi connectivity index (χ0n) is 12.7. The van der Waals surface area contributed by atoms with E-state index in [1.807, 2.05) is 11.4 Å². The van der Waals surface area contributed by atoms with Crippen LogP contribution in [0, 0.1) is 11.6 Å². The fourth-order valence-corrected chi connectivity index (χ4v) is 3.98. The van der Waals surface area contributed by atoms with Crippen molar-refractivity contribution in [2.75, 3.05) is 18.0 Å². The number of anilines is 1. The number of hydrogen-bond donors (Lipinski definition) is 0. The molecule has 0 unspecified atom stereocenters. The number of piperidine rings is 1. The average molecular weight is 366 g/mol. The Bertz CT molecular complexity index is 906. The molecule has 0 atom stereocenters. The minimum Gasteiger partial charge on any atom is -0.355 e. The third kappa shape index (κ3) is 2.74. The van der Waals surface area contributed by atoms with Crippen molar-refractivity contribution in [1.29, 1.82) is 0 Å². The van der Waals surface area contributed by atoms with Crippen molar-refractivity contribution in [1.82, 2.24) is 9.97 Å². The standard InChI is InChI=1S/C17H14ClF2N3S/c18-11-9-12(19)10(8-13(11)20)16-21-14-4-7-24-15(14)17(22-16)23-5-2-1-3-6-23/h4,7-9H,1-3,5-6H2. The van der Waals surface area contributed by atoms with Crippen molar-refractivity contribution in [3.05, 3.63) is 40.2 Å². The summed E-state index contributed by atoms with van der Waals surface area (Å²) in [5, 5.41) is 1.69. The molecule has 3 nitrogen and oxygen atoms in total. The van der Waals surface area contributed by atoms with Crippen LogP contribution in [-0.2, 0) is 0 Å². The molecule has 2 aromatic heterocycles. The first-order valence-electron chi connectivity index (χ1n) is 7.78. The highest BCUT2D eigenvalue weighted by molar-refractivity contribution is 7.17. The smallest absolute Gasteiger partial charge is 0.165 e. The number of halogens is 3. The number of thiophene rings is 1. The monoisotopic (exact) mass is 365 g/mol. The van der Waals surface area contributed by atoms with Crippen LogP contribution in [0.2, 0.25) is 5.02 Å². The highest BCUT2D eigenvalue weighted by Gasteiger charge is 2.20. The molecule has 0 spiro atoms. The van der Waals surface area contributed by atoms with Crippen molar-refractivity contribution in [3.8, 4) is 11.4 Å². The molecular formula is C17H14ClF2N3S. The van der Waals surface area contributed by atoms with Crippen LogP contribution in [0.15, 0.2) is 23.6 Å². The van der Waals surface area contributed by atoms with Gasteiger partial charge in [-0.1, -0.05) is 11.6 Å². The molecule has 24 heavy (non-hydrogen) atoms. The van der Waals surface area contributed by atoms with Crippen LogP contribution < -0.4 is 4.90 Å². The summed E-state index contributed by atoms with van der Waals surface area (Å²) < 4.78 is 29.0. The molecule has 7 heteroatoms. The van der Waals surface area contributed by atoms with Gasteiger partial charge in [0, 0.05) is 13.1 Å². The minimum absolute atomic E-state index is 0.0308. The van der Waals surface area contributed by atoms with E-state index in [1.165, 1.54) is 6.42 Å². The molecule has 0 aliphatic carbocycles. The van der Waals surface area contributed by atoms with Crippen LogP contribution in [0.3, 0.4) is 0 Å². The molecular weight excluding hydrogens is 352 g/mol. The van der Waals surface area contributed by atoms with Gasteiger partial charge in [-0.25, -0.2) is 18.7 Å². The zero-order valence-corrected chi connectivity index (χ0v) is 14.3. The molecule has 1 fully saturated rings.